The first-order valence-electron chi connectivity index (χ1n) is 33.9. The second-order valence-corrected chi connectivity index (χ2v) is 29.8. The fourth-order valence-electron chi connectivity index (χ4n) is 11.6. The molecule has 0 spiro atoms. The van der Waals surface area contributed by atoms with Gasteiger partial charge in [-0.05, 0) is 123 Å². The molecular formula is C69H123N11O16. The van der Waals surface area contributed by atoms with Crippen LogP contribution in [-0.2, 0) is 67.0 Å². The van der Waals surface area contributed by atoms with Crippen LogP contribution in [0.25, 0.3) is 0 Å². The molecule has 0 unspecified atom stereocenters. The molecule has 27 nitrogen and oxygen atoms in total. The first-order valence-corrected chi connectivity index (χ1v) is 33.9. The molecule has 96 heavy (non-hydrogen) atoms. The lowest BCUT2D eigenvalue weighted by atomic mass is 9.91. The minimum absolute atomic E-state index is 0.0807. The monoisotopic (exact) mass is 1360 g/mol. The maximum absolute atomic E-state index is 15.4. The van der Waals surface area contributed by atoms with E-state index in [4.69, 9.17) is 9.47 Å². The summed E-state index contributed by atoms with van der Waals surface area (Å²) in [5.74, 6) is -12.2. The number of carbonyl (C=O) groups excluding carboxylic acids is 12. The van der Waals surface area contributed by atoms with Crippen molar-refractivity contribution in [2.24, 2.45) is 35.5 Å². The number of nitrogens with zero attached hydrogens (tertiary/aromatic N) is 7. The van der Waals surface area contributed by atoms with Gasteiger partial charge in [-0.2, -0.15) is 0 Å². The van der Waals surface area contributed by atoms with Crippen LogP contribution in [0.5, 0.6) is 0 Å². The quantitative estimate of drug-likeness (QED) is 0.0799. The fraction of sp³-hybridized carbons (Fsp3) is 0.797. The Morgan fingerprint density at radius 2 is 0.938 bits per heavy atom. The number of esters is 1. The molecule has 0 radical (unpaired) electrons. The maximum atomic E-state index is 15.4. The average Bonchev–Trinajstić information content (AvgIpc) is 0.812. The van der Waals surface area contributed by atoms with E-state index in [-0.39, 0.29) is 49.9 Å². The number of rotatable bonds is 19. The van der Waals surface area contributed by atoms with Crippen molar-refractivity contribution in [3.8, 4) is 0 Å². The van der Waals surface area contributed by atoms with Gasteiger partial charge in [0.2, 0.25) is 65.0 Å². The van der Waals surface area contributed by atoms with E-state index in [1.165, 1.54) is 91.7 Å². The predicted octanol–water partition coefficient (Wildman–Crippen LogP) is 3.11. The van der Waals surface area contributed by atoms with E-state index in [9.17, 15) is 39.0 Å². The van der Waals surface area contributed by atoms with E-state index in [0.29, 0.717) is 0 Å². The van der Waals surface area contributed by atoms with Crippen LogP contribution in [0.3, 0.4) is 0 Å². The largest absolute Gasteiger partial charge is 0.458 e. The lowest BCUT2D eigenvalue weighted by Crippen LogP contribution is -2.64. The molecule has 0 aromatic carbocycles. The predicted molar refractivity (Wildman–Crippen MR) is 365 cm³/mol. The molecular weight excluding hydrogens is 1240 g/mol. The molecule has 13 atom stereocenters. The number of nitrogens with one attached hydrogen (secondary N) is 4. The molecule has 0 bridgehead atoms. The number of hydrogen-bond acceptors (Lipinski definition) is 16. The molecule has 0 aromatic heterocycles. The van der Waals surface area contributed by atoms with Gasteiger partial charge in [0.15, 0.2) is 0 Å². The number of likely N-dealkylation sites (N-methyl/N-ethyl adjacent to an activating group) is 7. The van der Waals surface area contributed by atoms with Crippen LogP contribution in [-0.4, -0.2) is 262 Å². The third-order valence-corrected chi connectivity index (χ3v) is 17.3. The number of aliphatic hydroxyl groups excluding tert-OH is 1. The maximum Gasteiger partial charge on any atom is 0.332 e. The van der Waals surface area contributed by atoms with Crippen molar-refractivity contribution >= 4 is 70.9 Å². The van der Waals surface area contributed by atoms with Crippen LogP contribution >= 0.6 is 0 Å². The lowest BCUT2D eigenvalue weighted by molar-refractivity contribution is -0.163. The van der Waals surface area contributed by atoms with Crippen molar-refractivity contribution in [2.75, 3.05) is 62.5 Å². The van der Waals surface area contributed by atoms with Crippen LogP contribution in [0.4, 0.5) is 0 Å². The van der Waals surface area contributed by atoms with Crippen molar-refractivity contribution < 1.29 is 77.2 Å². The van der Waals surface area contributed by atoms with Crippen LogP contribution in [0.15, 0.2) is 12.2 Å². The Kier molecular flexibility index (Phi) is 34.9. The smallest absolute Gasteiger partial charge is 0.332 e. The second kappa shape index (κ2) is 38.4. The van der Waals surface area contributed by atoms with Crippen LogP contribution in [0.2, 0.25) is 0 Å². The molecule has 1 heterocycles. The van der Waals surface area contributed by atoms with Gasteiger partial charge in [-0.1, -0.05) is 95.2 Å². The minimum Gasteiger partial charge on any atom is -0.458 e. The summed E-state index contributed by atoms with van der Waals surface area (Å²) in [7, 11) is 9.42. The molecule has 550 valence electrons. The Bertz CT molecular complexity index is 2690. The van der Waals surface area contributed by atoms with Crippen molar-refractivity contribution in [2.45, 2.75) is 261 Å². The number of aliphatic hydroxyl groups is 2. The molecule has 1 fully saturated rings. The SMILES string of the molecule is CC=CC[C@@H](C)[C@@H](O)[C@H]1C(=O)N[C@@H](CC)C(=O)N(C)[C@H](COCC(=O)OC(C)(C)C)C(=O)N(C)[C@@H](CC(C)(C)O)C(=O)N[C@@H](C(C)C)C(=O)N(C)[C@@H](CC(C)C)C(=O)N[C@@H](C)C(=O)N[C@H](C)C(=O)N(C)[C@@H](CC(C)C)C(=O)N(C)[C@@H](CC(C)C)C(=O)N(C)[C@@H](C(C)C)C(=O)N1C. The van der Waals surface area contributed by atoms with Gasteiger partial charge in [0.25, 0.3) is 0 Å². The van der Waals surface area contributed by atoms with E-state index in [0.717, 1.165) is 19.6 Å². The zero-order valence-electron chi connectivity index (χ0n) is 62.9. The van der Waals surface area contributed by atoms with Crippen molar-refractivity contribution in [3.63, 3.8) is 0 Å². The molecule has 6 N–H and O–H groups in total. The van der Waals surface area contributed by atoms with Crippen LogP contribution in [0.1, 0.15) is 177 Å². The summed E-state index contributed by atoms with van der Waals surface area (Å²) in [5.41, 5.74) is -2.61. The van der Waals surface area contributed by atoms with E-state index in [1.807, 2.05) is 41.5 Å². The number of allylic oxidation sites excluding steroid dienone is 2. The van der Waals surface area contributed by atoms with E-state index >= 15 is 28.8 Å². The van der Waals surface area contributed by atoms with Crippen molar-refractivity contribution in [1.82, 2.24) is 55.6 Å². The van der Waals surface area contributed by atoms with E-state index < -0.39 is 192 Å². The second-order valence-electron chi connectivity index (χ2n) is 29.8. The van der Waals surface area contributed by atoms with Gasteiger partial charge < -0.3 is 75.3 Å². The highest BCUT2D eigenvalue weighted by molar-refractivity contribution is 6.00. The van der Waals surface area contributed by atoms with Gasteiger partial charge in [-0.3, -0.25) is 52.7 Å². The van der Waals surface area contributed by atoms with Crippen molar-refractivity contribution in [1.29, 1.82) is 0 Å². The molecule has 1 rings (SSSR count). The zero-order chi connectivity index (χ0) is 74.7. The first kappa shape index (κ1) is 87.3. The molecule has 0 saturated carbocycles. The number of hydrogen-bond donors (Lipinski definition) is 6. The van der Waals surface area contributed by atoms with Gasteiger partial charge in [0.1, 0.15) is 78.7 Å². The Hall–Kier alpha value is -6.74. The van der Waals surface area contributed by atoms with Gasteiger partial charge >= 0.3 is 5.97 Å². The van der Waals surface area contributed by atoms with Gasteiger partial charge in [0, 0.05) is 55.8 Å². The van der Waals surface area contributed by atoms with Gasteiger partial charge in [-0.25, -0.2) is 4.79 Å². The van der Waals surface area contributed by atoms with E-state index in [1.54, 1.807) is 81.4 Å². The highest BCUT2D eigenvalue weighted by Gasteiger charge is 2.47. The minimum atomic E-state index is -1.73. The Balaban J connectivity index is 4.61. The summed E-state index contributed by atoms with van der Waals surface area (Å²) in [6, 6.07) is -15.4. The molecule has 1 saturated heterocycles. The summed E-state index contributed by atoms with van der Waals surface area (Å²) < 4.78 is 11.3. The number of amides is 11. The summed E-state index contributed by atoms with van der Waals surface area (Å²) >= 11 is 0. The summed E-state index contributed by atoms with van der Waals surface area (Å²) in [6.07, 6.45) is 1.89. The summed E-state index contributed by atoms with van der Waals surface area (Å²) in [5, 5.41) is 34.5. The zero-order valence-corrected chi connectivity index (χ0v) is 62.9. The standard InChI is InChI=1S/C69H123N11O16/c1-28-30-31-43(13)56(82)55-60(86)72-46(29-2)62(88)78(25)51(36-95-37-52(81)96-68(16,17)18)65(91)77(24)50(35-69(19,20)94)59(85)73-53(41(9)10)66(92)74(21)47(32-38(3)4)58(84)70-44(14)57(83)71-45(15)61(87)75(22)48(33-39(5)6)63(89)76(23)49(34-40(7)8)64(90)79(26)54(42(11)12)67(93)80(55)27/h28,30,38-51,53-56,82,94H,29,31-37H2,1-27H3,(H,70,84)(H,71,83)(H,72,86)(H,73,85)/t43-,44+,45-,46+,47+,48+,49+,50+,51-,53+,54+,55+,56-/m1/s1. The van der Waals surface area contributed by atoms with E-state index in [2.05, 4.69) is 21.3 Å². The average molecular weight is 1360 g/mol. The molecule has 1 aliphatic rings. The molecule has 27 heteroatoms. The third-order valence-electron chi connectivity index (χ3n) is 17.3. The third kappa shape index (κ3) is 25.6. The summed E-state index contributed by atoms with van der Waals surface area (Å²) in [4.78, 5) is 185. The number of ether oxygens (including phenoxy) is 2. The molecule has 0 aromatic rings. The Labute approximate surface area is 572 Å². The summed E-state index contributed by atoms with van der Waals surface area (Å²) in [6.45, 7) is 31.9. The topological polar surface area (TPSA) is 335 Å². The van der Waals surface area contributed by atoms with Gasteiger partial charge in [0.05, 0.1) is 18.3 Å². The Morgan fingerprint density at radius 1 is 0.510 bits per heavy atom. The van der Waals surface area contributed by atoms with Crippen LogP contribution in [0, 0.1) is 35.5 Å². The number of carbonyl (C=O) groups is 12. The van der Waals surface area contributed by atoms with Crippen molar-refractivity contribution in [3.05, 3.63) is 12.2 Å². The van der Waals surface area contributed by atoms with Gasteiger partial charge in [-0.15, -0.1) is 0 Å². The van der Waals surface area contributed by atoms with Crippen LogP contribution < -0.4 is 21.3 Å². The highest BCUT2D eigenvalue weighted by Crippen LogP contribution is 2.27. The lowest BCUT2D eigenvalue weighted by Gasteiger charge is -2.41. The normalized spacial score (nSPS) is 26.2. The molecule has 11 amide bonds. The highest BCUT2D eigenvalue weighted by atomic mass is 16.6. The molecule has 1 aliphatic heterocycles. The molecule has 0 aliphatic carbocycles. The fourth-order valence-corrected chi connectivity index (χ4v) is 11.6. The Morgan fingerprint density at radius 3 is 1.40 bits per heavy atom. The first-order chi connectivity index (χ1) is 44.0.